The lowest BCUT2D eigenvalue weighted by molar-refractivity contribution is 0.0595. The van der Waals surface area contributed by atoms with Crippen LogP contribution in [0.4, 0.5) is 10.1 Å². The molecule has 0 amide bonds. The van der Waals surface area contributed by atoms with Crippen LogP contribution >= 0.6 is 0 Å². The van der Waals surface area contributed by atoms with E-state index in [9.17, 15) is 9.18 Å². The summed E-state index contributed by atoms with van der Waals surface area (Å²) in [6, 6.07) is 1.01. The Labute approximate surface area is 68.2 Å². The Kier molecular flexibility index (Phi) is 2.23. The summed E-state index contributed by atoms with van der Waals surface area (Å²) >= 11 is 0. The van der Waals surface area contributed by atoms with E-state index >= 15 is 0 Å². The van der Waals surface area contributed by atoms with E-state index in [1.54, 1.807) is 0 Å². The van der Waals surface area contributed by atoms with Crippen molar-refractivity contribution in [1.82, 2.24) is 4.98 Å². The number of carbonyl (C=O) groups excluding carboxylic acids is 1. The van der Waals surface area contributed by atoms with Crippen LogP contribution in [-0.2, 0) is 4.74 Å². The standard InChI is InChI=1S/C7H7FN2O2/c1-12-7(11)6-5(9)2-4(8)3-10-6/h2-3H,9H2,1H3. The van der Waals surface area contributed by atoms with Crippen LogP contribution in [-0.4, -0.2) is 18.1 Å². The van der Waals surface area contributed by atoms with E-state index in [1.807, 2.05) is 0 Å². The summed E-state index contributed by atoms with van der Waals surface area (Å²) in [5.41, 5.74) is 5.20. The number of carbonyl (C=O) groups is 1. The molecule has 0 unspecified atom stereocenters. The second-order valence-electron chi connectivity index (χ2n) is 2.08. The molecule has 0 aliphatic heterocycles. The number of ether oxygens (including phenoxy) is 1. The van der Waals surface area contributed by atoms with Gasteiger partial charge in [0.05, 0.1) is 19.0 Å². The van der Waals surface area contributed by atoms with E-state index < -0.39 is 11.8 Å². The Balaban J connectivity index is 3.09. The van der Waals surface area contributed by atoms with Crippen molar-refractivity contribution in [3.63, 3.8) is 0 Å². The van der Waals surface area contributed by atoms with Crippen molar-refractivity contribution in [3.05, 3.63) is 23.8 Å². The van der Waals surface area contributed by atoms with Gasteiger partial charge >= 0.3 is 5.97 Å². The van der Waals surface area contributed by atoms with Crippen LogP contribution in [0.5, 0.6) is 0 Å². The molecule has 0 fully saturated rings. The topological polar surface area (TPSA) is 65.2 Å². The zero-order valence-corrected chi connectivity index (χ0v) is 6.37. The first kappa shape index (κ1) is 8.45. The van der Waals surface area contributed by atoms with Crippen LogP contribution in [0.15, 0.2) is 12.3 Å². The summed E-state index contributed by atoms with van der Waals surface area (Å²) in [7, 11) is 1.20. The monoisotopic (exact) mass is 170 g/mol. The molecule has 2 N–H and O–H groups in total. The molecule has 0 aliphatic rings. The Bertz CT molecular complexity index is 314. The quantitative estimate of drug-likeness (QED) is 0.626. The molecular weight excluding hydrogens is 163 g/mol. The molecule has 1 aromatic rings. The lowest BCUT2D eigenvalue weighted by Crippen LogP contribution is -2.08. The summed E-state index contributed by atoms with van der Waals surface area (Å²) in [5, 5.41) is 0. The van der Waals surface area contributed by atoms with Gasteiger partial charge in [0, 0.05) is 6.07 Å². The summed E-state index contributed by atoms with van der Waals surface area (Å²) in [6.07, 6.45) is 0.905. The molecule has 0 saturated carbocycles. The van der Waals surface area contributed by atoms with Gasteiger partial charge in [-0.25, -0.2) is 14.2 Å². The molecule has 1 aromatic heterocycles. The first-order valence-corrected chi connectivity index (χ1v) is 3.14. The number of pyridine rings is 1. The van der Waals surface area contributed by atoms with Gasteiger partial charge in [0.2, 0.25) is 0 Å². The van der Waals surface area contributed by atoms with Gasteiger partial charge in [-0.1, -0.05) is 0 Å². The highest BCUT2D eigenvalue weighted by atomic mass is 19.1. The fourth-order valence-corrected chi connectivity index (χ4v) is 0.722. The summed E-state index contributed by atoms with van der Waals surface area (Å²) < 4.78 is 16.8. The molecule has 64 valence electrons. The van der Waals surface area contributed by atoms with Crippen LogP contribution in [0.2, 0.25) is 0 Å². The van der Waals surface area contributed by atoms with Gasteiger partial charge < -0.3 is 10.5 Å². The molecular formula is C7H7FN2O2. The maximum atomic E-state index is 12.4. The van der Waals surface area contributed by atoms with Crippen LogP contribution in [0, 0.1) is 5.82 Å². The molecule has 0 radical (unpaired) electrons. The summed E-state index contributed by atoms with van der Waals surface area (Å²) in [5.74, 6) is -1.26. The Morgan fingerprint density at radius 3 is 2.92 bits per heavy atom. The van der Waals surface area contributed by atoms with Gasteiger partial charge in [-0.3, -0.25) is 0 Å². The fraction of sp³-hybridized carbons (Fsp3) is 0.143. The van der Waals surface area contributed by atoms with E-state index in [0.717, 1.165) is 12.3 Å². The lowest BCUT2D eigenvalue weighted by Gasteiger charge is -2.00. The SMILES string of the molecule is COC(=O)c1ncc(F)cc1N. The van der Waals surface area contributed by atoms with Gasteiger partial charge in [0.1, 0.15) is 5.82 Å². The molecule has 0 aromatic carbocycles. The normalized spacial score (nSPS) is 9.50. The highest BCUT2D eigenvalue weighted by Gasteiger charge is 2.11. The highest BCUT2D eigenvalue weighted by molar-refractivity contribution is 5.92. The van der Waals surface area contributed by atoms with Crippen LogP contribution < -0.4 is 5.73 Å². The maximum Gasteiger partial charge on any atom is 0.358 e. The van der Waals surface area contributed by atoms with E-state index in [0.29, 0.717) is 0 Å². The second-order valence-corrected chi connectivity index (χ2v) is 2.08. The summed E-state index contributed by atoms with van der Waals surface area (Å²) in [4.78, 5) is 14.3. The third-order valence-corrected chi connectivity index (χ3v) is 1.26. The number of rotatable bonds is 1. The van der Waals surface area contributed by atoms with E-state index in [1.165, 1.54) is 7.11 Å². The molecule has 12 heavy (non-hydrogen) atoms. The molecule has 0 spiro atoms. The van der Waals surface area contributed by atoms with Gasteiger partial charge in [0.15, 0.2) is 5.69 Å². The zero-order chi connectivity index (χ0) is 9.14. The number of hydrogen-bond acceptors (Lipinski definition) is 4. The zero-order valence-electron chi connectivity index (χ0n) is 6.37. The number of halogens is 1. The van der Waals surface area contributed by atoms with E-state index in [-0.39, 0.29) is 11.4 Å². The first-order chi connectivity index (χ1) is 5.65. The van der Waals surface area contributed by atoms with Crippen LogP contribution in [0.3, 0.4) is 0 Å². The van der Waals surface area contributed by atoms with Crippen molar-refractivity contribution in [1.29, 1.82) is 0 Å². The van der Waals surface area contributed by atoms with Crippen molar-refractivity contribution in [2.45, 2.75) is 0 Å². The minimum Gasteiger partial charge on any atom is -0.464 e. The molecule has 1 rings (SSSR count). The lowest BCUT2D eigenvalue weighted by atomic mass is 10.3. The Morgan fingerprint density at radius 1 is 1.75 bits per heavy atom. The molecule has 0 saturated heterocycles. The predicted octanol–water partition coefficient (Wildman–Crippen LogP) is 0.590. The number of nitrogens with zero attached hydrogens (tertiary/aromatic N) is 1. The largest absolute Gasteiger partial charge is 0.464 e. The van der Waals surface area contributed by atoms with E-state index in [4.69, 9.17) is 5.73 Å². The average molecular weight is 170 g/mol. The molecule has 1 heterocycles. The number of hydrogen-bond donors (Lipinski definition) is 1. The van der Waals surface area contributed by atoms with Crippen molar-refractivity contribution in [3.8, 4) is 0 Å². The molecule has 0 bridgehead atoms. The number of methoxy groups -OCH3 is 1. The number of esters is 1. The van der Waals surface area contributed by atoms with Gasteiger partial charge in [-0.05, 0) is 0 Å². The van der Waals surface area contributed by atoms with Gasteiger partial charge in [0.25, 0.3) is 0 Å². The predicted molar refractivity (Wildman–Crippen MR) is 39.9 cm³/mol. The minimum absolute atomic E-state index is 0.0261. The van der Waals surface area contributed by atoms with Crippen molar-refractivity contribution >= 4 is 11.7 Å². The van der Waals surface area contributed by atoms with E-state index in [2.05, 4.69) is 9.72 Å². The number of nitrogens with two attached hydrogens (primary N) is 1. The first-order valence-electron chi connectivity index (χ1n) is 3.14. The second kappa shape index (κ2) is 3.17. The highest BCUT2D eigenvalue weighted by Crippen LogP contribution is 2.10. The number of nitrogen functional groups attached to an aromatic ring is 1. The molecule has 0 aliphatic carbocycles. The Hall–Kier alpha value is -1.65. The average Bonchev–Trinajstić information content (AvgIpc) is 2.03. The van der Waals surface area contributed by atoms with Crippen LogP contribution in [0.1, 0.15) is 10.5 Å². The Morgan fingerprint density at radius 2 is 2.42 bits per heavy atom. The summed E-state index contributed by atoms with van der Waals surface area (Å²) in [6.45, 7) is 0. The number of aromatic nitrogens is 1. The maximum absolute atomic E-state index is 12.4. The molecule has 5 heteroatoms. The van der Waals surface area contributed by atoms with Gasteiger partial charge in [-0.15, -0.1) is 0 Å². The third-order valence-electron chi connectivity index (χ3n) is 1.26. The smallest absolute Gasteiger partial charge is 0.358 e. The van der Waals surface area contributed by atoms with Crippen LogP contribution in [0.25, 0.3) is 0 Å². The third kappa shape index (κ3) is 1.50. The van der Waals surface area contributed by atoms with Gasteiger partial charge in [-0.2, -0.15) is 0 Å². The molecule has 4 nitrogen and oxygen atoms in total. The number of anilines is 1. The minimum atomic E-state index is -0.674. The molecule has 0 atom stereocenters. The van der Waals surface area contributed by atoms with Crippen molar-refractivity contribution in [2.75, 3.05) is 12.8 Å². The fourth-order valence-electron chi connectivity index (χ4n) is 0.722. The van der Waals surface area contributed by atoms with Crippen molar-refractivity contribution < 1.29 is 13.9 Å². The van der Waals surface area contributed by atoms with Crippen molar-refractivity contribution in [2.24, 2.45) is 0 Å².